The van der Waals surface area contributed by atoms with Crippen molar-refractivity contribution < 1.29 is 9.90 Å². The minimum absolute atomic E-state index is 0.0792. The largest absolute Gasteiger partial charge is 0.465 e. The van der Waals surface area contributed by atoms with Gasteiger partial charge < -0.3 is 15.3 Å². The van der Waals surface area contributed by atoms with Crippen molar-refractivity contribution in [2.45, 2.75) is 32.4 Å². The third kappa shape index (κ3) is 1.88. The number of carbonyl (C=O) groups is 1. The van der Waals surface area contributed by atoms with Gasteiger partial charge >= 0.3 is 6.09 Å². The Morgan fingerprint density at radius 3 is 2.67 bits per heavy atom. The van der Waals surface area contributed by atoms with Gasteiger partial charge in [0.1, 0.15) is 0 Å². The third-order valence-corrected chi connectivity index (χ3v) is 2.22. The van der Waals surface area contributed by atoms with Gasteiger partial charge in [0.25, 0.3) is 0 Å². The number of hydrogen-bond acceptors (Lipinski definition) is 2. The minimum Gasteiger partial charge on any atom is -0.465 e. The van der Waals surface area contributed by atoms with Gasteiger partial charge in [-0.3, -0.25) is 0 Å². The molecule has 4 nitrogen and oxygen atoms in total. The molecule has 1 aliphatic rings. The molecule has 0 spiro atoms. The Labute approximate surface area is 72.6 Å². The summed E-state index contributed by atoms with van der Waals surface area (Å²) in [5, 5.41) is 12.1. The van der Waals surface area contributed by atoms with E-state index in [-0.39, 0.29) is 11.6 Å². The molecule has 1 heterocycles. The third-order valence-electron chi connectivity index (χ3n) is 2.22. The van der Waals surface area contributed by atoms with E-state index in [1.807, 2.05) is 20.8 Å². The number of nitrogens with one attached hydrogen (secondary N) is 1. The van der Waals surface area contributed by atoms with E-state index in [4.69, 9.17) is 5.11 Å². The average Bonchev–Trinajstić information content (AvgIpc) is 1.94. The van der Waals surface area contributed by atoms with Crippen molar-refractivity contribution in [3.05, 3.63) is 0 Å². The molecule has 0 aromatic carbocycles. The Kier molecular flexibility index (Phi) is 2.28. The van der Waals surface area contributed by atoms with Gasteiger partial charge in [-0.15, -0.1) is 0 Å². The van der Waals surface area contributed by atoms with E-state index >= 15 is 0 Å². The number of carboxylic acid groups (broad SMARTS) is 1. The molecule has 2 N–H and O–H groups in total. The van der Waals surface area contributed by atoms with Crippen molar-refractivity contribution in [3.63, 3.8) is 0 Å². The van der Waals surface area contributed by atoms with Gasteiger partial charge in [-0.05, 0) is 20.8 Å². The molecular weight excluding hydrogens is 156 g/mol. The first kappa shape index (κ1) is 9.32. The SMILES string of the molecule is CC1CNC(C)(C)CN1C(=O)O. The molecule has 0 aromatic rings. The van der Waals surface area contributed by atoms with Crippen molar-refractivity contribution >= 4 is 6.09 Å². The predicted molar refractivity (Wildman–Crippen MR) is 46.3 cm³/mol. The number of nitrogens with zero attached hydrogens (tertiary/aromatic N) is 1. The first-order valence-corrected chi connectivity index (χ1v) is 4.17. The van der Waals surface area contributed by atoms with Gasteiger partial charge in [0.2, 0.25) is 0 Å². The van der Waals surface area contributed by atoms with E-state index < -0.39 is 6.09 Å². The van der Waals surface area contributed by atoms with Gasteiger partial charge in [0.05, 0.1) is 0 Å². The smallest absolute Gasteiger partial charge is 0.407 e. The van der Waals surface area contributed by atoms with E-state index in [0.29, 0.717) is 6.54 Å². The summed E-state index contributed by atoms with van der Waals surface area (Å²) in [5.74, 6) is 0. The van der Waals surface area contributed by atoms with Gasteiger partial charge in [-0.1, -0.05) is 0 Å². The fourth-order valence-electron chi connectivity index (χ4n) is 1.43. The van der Waals surface area contributed by atoms with Crippen molar-refractivity contribution in [3.8, 4) is 0 Å². The molecule has 1 atom stereocenters. The van der Waals surface area contributed by atoms with Crippen LogP contribution in [0.25, 0.3) is 0 Å². The Morgan fingerprint density at radius 2 is 2.25 bits per heavy atom. The number of rotatable bonds is 0. The number of piperazine rings is 1. The van der Waals surface area contributed by atoms with Crippen LogP contribution in [0.4, 0.5) is 4.79 Å². The maximum Gasteiger partial charge on any atom is 0.407 e. The maximum absolute atomic E-state index is 10.8. The lowest BCUT2D eigenvalue weighted by Crippen LogP contribution is -2.61. The van der Waals surface area contributed by atoms with Crippen LogP contribution in [-0.2, 0) is 0 Å². The summed E-state index contributed by atoms with van der Waals surface area (Å²) in [4.78, 5) is 12.2. The average molecular weight is 172 g/mol. The first-order valence-electron chi connectivity index (χ1n) is 4.17. The maximum atomic E-state index is 10.8. The second-order valence-corrected chi connectivity index (χ2v) is 4.02. The highest BCUT2D eigenvalue weighted by Gasteiger charge is 2.32. The molecule has 1 saturated heterocycles. The van der Waals surface area contributed by atoms with Crippen LogP contribution >= 0.6 is 0 Å². The van der Waals surface area contributed by atoms with E-state index in [1.165, 1.54) is 4.90 Å². The highest BCUT2D eigenvalue weighted by molar-refractivity contribution is 5.65. The Hall–Kier alpha value is -0.770. The summed E-state index contributed by atoms with van der Waals surface area (Å²) >= 11 is 0. The molecule has 1 aliphatic heterocycles. The molecule has 70 valence electrons. The fraction of sp³-hybridized carbons (Fsp3) is 0.875. The fourth-order valence-corrected chi connectivity index (χ4v) is 1.43. The van der Waals surface area contributed by atoms with E-state index in [2.05, 4.69) is 5.32 Å². The standard InChI is InChI=1S/C8H16N2O2/c1-6-4-9-8(2,3)5-10(6)7(11)12/h6,9H,4-5H2,1-3H3,(H,11,12). The van der Waals surface area contributed by atoms with Crippen LogP contribution in [0.1, 0.15) is 20.8 Å². The van der Waals surface area contributed by atoms with Crippen LogP contribution < -0.4 is 5.32 Å². The van der Waals surface area contributed by atoms with Crippen LogP contribution in [0.15, 0.2) is 0 Å². The molecule has 0 radical (unpaired) electrons. The van der Waals surface area contributed by atoms with Crippen LogP contribution in [0, 0.1) is 0 Å². The summed E-state index contributed by atoms with van der Waals surface area (Å²) in [5.41, 5.74) is -0.0924. The molecule has 4 heteroatoms. The van der Waals surface area contributed by atoms with Crippen molar-refractivity contribution in [1.29, 1.82) is 0 Å². The Morgan fingerprint density at radius 1 is 1.67 bits per heavy atom. The Balaban J connectivity index is 2.66. The quantitative estimate of drug-likeness (QED) is 0.566. The van der Waals surface area contributed by atoms with Crippen LogP contribution in [0.2, 0.25) is 0 Å². The first-order chi connectivity index (χ1) is 5.42. The minimum atomic E-state index is -0.822. The van der Waals surface area contributed by atoms with Gasteiger partial charge in [-0.2, -0.15) is 0 Å². The lowest BCUT2D eigenvalue weighted by Gasteiger charge is -2.41. The van der Waals surface area contributed by atoms with Gasteiger partial charge in [-0.25, -0.2) is 4.79 Å². The van der Waals surface area contributed by atoms with Crippen LogP contribution in [-0.4, -0.2) is 40.8 Å². The van der Waals surface area contributed by atoms with Crippen LogP contribution in [0.3, 0.4) is 0 Å². The normalized spacial score (nSPS) is 28.6. The van der Waals surface area contributed by atoms with Crippen molar-refractivity contribution in [2.24, 2.45) is 0 Å². The van der Waals surface area contributed by atoms with Gasteiger partial charge in [0, 0.05) is 24.7 Å². The molecule has 0 aromatic heterocycles. The summed E-state index contributed by atoms with van der Waals surface area (Å²) in [6, 6.07) is 0.0792. The number of hydrogen-bond donors (Lipinski definition) is 2. The molecule has 0 aliphatic carbocycles. The zero-order valence-corrected chi connectivity index (χ0v) is 7.79. The second-order valence-electron chi connectivity index (χ2n) is 4.02. The van der Waals surface area contributed by atoms with Crippen molar-refractivity contribution in [1.82, 2.24) is 10.2 Å². The molecule has 1 rings (SSSR count). The molecule has 1 unspecified atom stereocenters. The van der Waals surface area contributed by atoms with E-state index in [0.717, 1.165) is 6.54 Å². The second kappa shape index (κ2) is 2.94. The lowest BCUT2D eigenvalue weighted by atomic mass is 10.00. The zero-order valence-electron chi connectivity index (χ0n) is 7.79. The summed E-state index contributed by atoms with van der Waals surface area (Å²) in [7, 11) is 0. The molecule has 1 amide bonds. The predicted octanol–water partition coefficient (Wildman–Crippen LogP) is 0.737. The van der Waals surface area contributed by atoms with E-state index in [1.54, 1.807) is 0 Å². The highest BCUT2D eigenvalue weighted by Crippen LogP contribution is 2.14. The molecule has 0 bridgehead atoms. The topological polar surface area (TPSA) is 52.6 Å². The monoisotopic (exact) mass is 172 g/mol. The lowest BCUT2D eigenvalue weighted by molar-refractivity contribution is 0.0859. The molecule has 12 heavy (non-hydrogen) atoms. The van der Waals surface area contributed by atoms with Crippen molar-refractivity contribution in [2.75, 3.05) is 13.1 Å². The molecule has 1 fully saturated rings. The van der Waals surface area contributed by atoms with Gasteiger partial charge in [0.15, 0.2) is 0 Å². The zero-order chi connectivity index (χ0) is 9.35. The molecule has 0 saturated carbocycles. The molecular formula is C8H16N2O2. The van der Waals surface area contributed by atoms with Crippen LogP contribution in [0.5, 0.6) is 0 Å². The highest BCUT2D eigenvalue weighted by atomic mass is 16.4. The summed E-state index contributed by atoms with van der Waals surface area (Å²) in [6.45, 7) is 7.22. The number of amides is 1. The summed E-state index contributed by atoms with van der Waals surface area (Å²) < 4.78 is 0. The summed E-state index contributed by atoms with van der Waals surface area (Å²) in [6.07, 6.45) is -0.822. The Bertz CT molecular complexity index is 191. The van der Waals surface area contributed by atoms with E-state index in [9.17, 15) is 4.79 Å².